The van der Waals surface area contributed by atoms with Crippen LogP contribution < -0.4 is 4.72 Å². The molecule has 140 valence electrons. The minimum absolute atomic E-state index is 0.0149. The molecular formula is C20H25FN2O2S. The summed E-state index contributed by atoms with van der Waals surface area (Å²) in [7, 11) is -3.67. The van der Waals surface area contributed by atoms with E-state index in [0.29, 0.717) is 5.92 Å². The number of halogens is 1. The molecule has 1 heterocycles. The van der Waals surface area contributed by atoms with Gasteiger partial charge in [0, 0.05) is 12.6 Å². The number of sulfonamides is 1. The molecule has 0 spiro atoms. The monoisotopic (exact) mass is 376 g/mol. The van der Waals surface area contributed by atoms with Gasteiger partial charge in [-0.05, 0) is 61.7 Å². The van der Waals surface area contributed by atoms with Crippen molar-refractivity contribution in [1.29, 1.82) is 0 Å². The molecule has 1 saturated heterocycles. The van der Waals surface area contributed by atoms with Crippen molar-refractivity contribution in [3.05, 3.63) is 66.0 Å². The van der Waals surface area contributed by atoms with Crippen LogP contribution in [0.5, 0.6) is 0 Å². The Kier molecular flexibility index (Phi) is 6.06. The van der Waals surface area contributed by atoms with E-state index in [0.717, 1.165) is 43.6 Å². The summed E-state index contributed by atoms with van der Waals surface area (Å²) < 4.78 is 40.9. The number of likely N-dealkylation sites (tertiary alicyclic amines) is 1. The average molecular weight is 376 g/mol. The van der Waals surface area contributed by atoms with E-state index < -0.39 is 15.8 Å². The average Bonchev–Trinajstić information content (AvgIpc) is 2.64. The third kappa shape index (κ3) is 4.69. The normalized spacial score (nSPS) is 17.9. The first-order valence-electron chi connectivity index (χ1n) is 9.00. The van der Waals surface area contributed by atoms with Crippen molar-refractivity contribution >= 4 is 10.0 Å². The molecule has 1 aliphatic heterocycles. The molecule has 26 heavy (non-hydrogen) atoms. The highest BCUT2D eigenvalue weighted by Crippen LogP contribution is 2.26. The maximum absolute atomic E-state index is 13.1. The van der Waals surface area contributed by atoms with E-state index in [-0.39, 0.29) is 17.5 Å². The van der Waals surface area contributed by atoms with E-state index in [1.54, 1.807) is 0 Å². The van der Waals surface area contributed by atoms with Gasteiger partial charge in [0.15, 0.2) is 0 Å². The molecule has 0 aromatic heterocycles. The van der Waals surface area contributed by atoms with Gasteiger partial charge in [-0.2, -0.15) is 0 Å². The molecule has 1 N–H and O–H groups in total. The Balaban J connectivity index is 1.76. The van der Waals surface area contributed by atoms with Crippen molar-refractivity contribution in [2.75, 3.05) is 19.6 Å². The van der Waals surface area contributed by atoms with Crippen LogP contribution in [-0.2, 0) is 10.0 Å². The second-order valence-corrected chi connectivity index (χ2v) is 8.72. The Hall–Kier alpha value is -1.76. The van der Waals surface area contributed by atoms with Crippen LogP contribution >= 0.6 is 0 Å². The lowest BCUT2D eigenvalue weighted by molar-refractivity contribution is 0.139. The van der Waals surface area contributed by atoms with Gasteiger partial charge in [-0.3, -0.25) is 4.90 Å². The SMILES string of the molecule is CC1CCN(C(CNS(=O)(=O)c2ccc(F)cc2)c2ccccc2)CC1. The lowest BCUT2D eigenvalue weighted by Crippen LogP contribution is -2.41. The Bertz CT molecular complexity index is 801. The van der Waals surface area contributed by atoms with Crippen LogP contribution in [-0.4, -0.2) is 33.0 Å². The summed E-state index contributed by atoms with van der Waals surface area (Å²) in [5.41, 5.74) is 1.10. The number of piperidine rings is 1. The Morgan fingerprint density at radius 2 is 1.69 bits per heavy atom. The number of rotatable bonds is 6. The quantitative estimate of drug-likeness (QED) is 0.838. The highest BCUT2D eigenvalue weighted by molar-refractivity contribution is 7.89. The van der Waals surface area contributed by atoms with Crippen LogP contribution in [0.15, 0.2) is 59.5 Å². The van der Waals surface area contributed by atoms with Crippen molar-refractivity contribution in [3.63, 3.8) is 0 Å². The predicted molar refractivity (Wildman–Crippen MR) is 101 cm³/mol. The molecule has 2 aromatic carbocycles. The summed E-state index contributed by atoms with van der Waals surface area (Å²) in [6, 6.07) is 14.9. The van der Waals surface area contributed by atoms with E-state index in [1.807, 2.05) is 30.3 Å². The van der Waals surface area contributed by atoms with Gasteiger partial charge in [0.05, 0.1) is 4.90 Å². The highest BCUT2D eigenvalue weighted by Gasteiger charge is 2.26. The first kappa shape index (κ1) is 19.0. The molecule has 0 amide bonds. The fourth-order valence-electron chi connectivity index (χ4n) is 3.36. The molecule has 4 nitrogen and oxygen atoms in total. The molecule has 0 saturated carbocycles. The van der Waals surface area contributed by atoms with Crippen LogP contribution in [0.2, 0.25) is 0 Å². The molecule has 1 aliphatic rings. The van der Waals surface area contributed by atoms with Gasteiger partial charge in [-0.25, -0.2) is 17.5 Å². The number of nitrogens with one attached hydrogen (secondary N) is 1. The van der Waals surface area contributed by atoms with Crippen LogP contribution in [0, 0.1) is 11.7 Å². The summed E-state index contributed by atoms with van der Waals surface area (Å²) in [5.74, 6) is 0.257. The Morgan fingerprint density at radius 3 is 2.31 bits per heavy atom. The zero-order valence-corrected chi connectivity index (χ0v) is 15.8. The second-order valence-electron chi connectivity index (χ2n) is 6.95. The van der Waals surface area contributed by atoms with Crippen LogP contribution in [0.25, 0.3) is 0 Å². The molecule has 1 unspecified atom stereocenters. The topological polar surface area (TPSA) is 49.4 Å². The first-order chi connectivity index (χ1) is 12.5. The zero-order valence-electron chi connectivity index (χ0n) is 14.9. The van der Waals surface area contributed by atoms with Crippen molar-refractivity contribution in [3.8, 4) is 0 Å². The van der Waals surface area contributed by atoms with E-state index in [1.165, 1.54) is 12.1 Å². The van der Waals surface area contributed by atoms with E-state index in [2.05, 4.69) is 16.5 Å². The Labute approximate surface area is 155 Å². The molecule has 0 bridgehead atoms. The lowest BCUT2D eigenvalue weighted by Gasteiger charge is -2.37. The van der Waals surface area contributed by atoms with Crippen molar-refractivity contribution in [2.45, 2.75) is 30.7 Å². The largest absolute Gasteiger partial charge is 0.295 e. The molecule has 3 rings (SSSR count). The van der Waals surface area contributed by atoms with E-state index in [9.17, 15) is 12.8 Å². The summed E-state index contributed by atoms with van der Waals surface area (Å²) in [6.45, 7) is 4.46. The van der Waals surface area contributed by atoms with Crippen molar-refractivity contribution in [1.82, 2.24) is 9.62 Å². The van der Waals surface area contributed by atoms with Crippen molar-refractivity contribution < 1.29 is 12.8 Å². The molecule has 1 fully saturated rings. The lowest BCUT2D eigenvalue weighted by atomic mass is 9.96. The van der Waals surface area contributed by atoms with Gasteiger partial charge in [0.25, 0.3) is 0 Å². The van der Waals surface area contributed by atoms with Gasteiger partial charge in [0.2, 0.25) is 10.0 Å². The number of hydrogen-bond donors (Lipinski definition) is 1. The fourth-order valence-corrected chi connectivity index (χ4v) is 4.40. The molecule has 2 aromatic rings. The van der Waals surface area contributed by atoms with Crippen LogP contribution in [0.3, 0.4) is 0 Å². The maximum Gasteiger partial charge on any atom is 0.240 e. The van der Waals surface area contributed by atoms with Gasteiger partial charge in [-0.15, -0.1) is 0 Å². The molecule has 1 atom stereocenters. The summed E-state index contributed by atoms with van der Waals surface area (Å²) >= 11 is 0. The maximum atomic E-state index is 13.1. The Morgan fingerprint density at radius 1 is 1.08 bits per heavy atom. The third-order valence-corrected chi connectivity index (χ3v) is 6.47. The fraction of sp³-hybridized carbons (Fsp3) is 0.400. The summed E-state index contributed by atoms with van der Waals surface area (Å²) in [4.78, 5) is 2.43. The van der Waals surface area contributed by atoms with Gasteiger partial charge < -0.3 is 0 Å². The second kappa shape index (κ2) is 8.29. The van der Waals surface area contributed by atoms with Crippen LogP contribution in [0.1, 0.15) is 31.4 Å². The summed E-state index contributed by atoms with van der Waals surface area (Å²) in [5, 5.41) is 0. The molecule has 6 heteroatoms. The first-order valence-corrected chi connectivity index (χ1v) is 10.5. The summed E-state index contributed by atoms with van der Waals surface area (Å²) in [6.07, 6.45) is 2.24. The van der Waals surface area contributed by atoms with Gasteiger partial charge >= 0.3 is 0 Å². The predicted octanol–water partition coefficient (Wildman–Crippen LogP) is 3.58. The minimum Gasteiger partial charge on any atom is -0.295 e. The third-order valence-electron chi connectivity index (χ3n) is 5.03. The number of benzene rings is 2. The number of nitrogens with zero attached hydrogens (tertiary/aromatic N) is 1. The van der Waals surface area contributed by atoms with Gasteiger partial charge in [-0.1, -0.05) is 37.3 Å². The van der Waals surface area contributed by atoms with Crippen LogP contribution in [0.4, 0.5) is 4.39 Å². The van der Waals surface area contributed by atoms with Gasteiger partial charge in [0.1, 0.15) is 5.82 Å². The smallest absolute Gasteiger partial charge is 0.240 e. The zero-order chi connectivity index (χ0) is 18.6. The molecule has 0 radical (unpaired) electrons. The molecule has 0 aliphatic carbocycles. The van der Waals surface area contributed by atoms with E-state index in [4.69, 9.17) is 0 Å². The van der Waals surface area contributed by atoms with E-state index >= 15 is 0 Å². The standard InChI is InChI=1S/C20H25FN2O2S/c1-16-11-13-23(14-12-16)20(17-5-3-2-4-6-17)15-22-26(24,25)19-9-7-18(21)8-10-19/h2-10,16,20,22H,11-15H2,1H3. The van der Waals surface area contributed by atoms with Crippen molar-refractivity contribution in [2.24, 2.45) is 5.92 Å². The highest BCUT2D eigenvalue weighted by atomic mass is 32.2. The minimum atomic E-state index is -3.67. The number of hydrogen-bond acceptors (Lipinski definition) is 3. The molecular weight excluding hydrogens is 351 g/mol.